The van der Waals surface area contributed by atoms with Crippen molar-refractivity contribution in [1.29, 1.82) is 0 Å². The summed E-state index contributed by atoms with van der Waals surface area (Å²) >= 11 is 5.82. The summed E-state index contributed by atoms with van der Waals surface area (Å²) in [4.78, 5) is 48.4. The smallest absolute Gasteiger partial charge is 0.335 e. The van der Waals surface area contributed by atoms with E-state index in [-0.39, 0.29) is 17.0 Å². The Morgan fingerprint density at radius 2 is 1.86 bits per heavy atom. The number of nitrogens with zero attached hydrogens (tertiary/aromatic N) is 1. The number of barbiturate groups is 1. The molecule has 2 aromatic rings. The SMILES string of the molecule is O=C([O-])COc1cccc(/C=C2/C(=O)NC(=O)N(c3ccc(Cl)cc3)C2=O)c1. The zero-order valence-electron chi connectivity index (χ0n) is 14.2. The molecular weight excluding hydrogens is 388 g/mol. The molecule has 1 saturated heterocycles. The molecule has 28 heavy (non-hydrogen) atoms. The molecule has 4 amide bonds. The molecule has 0 unspecified atom stereocenters. The number of benzene rings is 2. The highest BCUT2D eigenvalue weighted by Crippen LogP contribution is 2.24. The minimum absolute atomic E-state index is 0.216. The van der Waals surface area contributed by atoms with Crippen molar-refractivity contribution in [1.82, 2.24) is 5.32 Å². The number of imide groups is 2. The average Bonchev–Trinajstić information content (AvgIpc) is 2.65. The van der Waals surface area contributed by atoms with Crippen LogP contribution in [-0.2, 0) is 14.4 Å². The predicted molar refractivity (Wildman–Crippen MR) is 97.4 cm³/mol. The van der Waals surface area contributed by atoms with E-state index in [4.69, 9.17) is 16.3 Å². The second-order valence-corrected chi connectivity index (χ2v) is 6.10. The zero-order chi connectivity index (χ0) is 20.3. The van der Waals surface area contributed by atoms with Gasteiger partial charge < -0.3 is 14.6 Å². The van der Waals surface area contributed by atoms with Gasteiger partial charge in [0.15, 0.2) is 0 Å². The van der Waals surface area contributed by atoms with E-state index in [2.05, 4.69) is 5.32 Å². The normalized spacial score (nSPS) is 15.5. The van der Waals surface area contributed by atoms with Gasteiger partial charge in [0, 0.05) is 5.02 Å². The number of aliphatic carboxylic acids is 1. The molecule has 0 aromatic heterocycles. The summed E-state index contributed by atoms with van der Waals surface area (Å²) in [5.41, 5.74) is 0.377. The van der Waals surface area contributed by atoms with Gasteiger partial charge in [-0.3, -0.25) is 14.9 Å². The van der Waals surface area contributed by atoms with Gasteiger partial charge in [0.2, 0.25) is 0 Å². The molecule has 2 aromatic carbocycles. The van der Waals surface area contributed by atoms with E-state index < -0.39 is 30.4 Å². The van der Waals surface area contributed by atoms with Gasteiger partial charge in [-0.05, 0) is 48.0 Å². The fourth-order valence-electron chi connectivity index (χ4n) is 2.49. The van der Waals surface area contributed by atoms with E-state index in [9.17, 15) is 24.3 Å². The van der Waals surface area contributed by atoms with Crippen LogP contribution in [0.1, 0.15) is 5.56 Å². The number of halogens is 1. The number of hydrogen-bond acceptors (Lipinski definition) is 6. The predicted octanol–water partition coefficient (Wildman–Crippen LogP) is 1.14. The van der Waals surface area contributed by atoms with Crippen LogP contribution in [0.15, 0.2) is 54.1 Å². The highest BCUT2D eigenvalue weighted by molar-refractivity contribution is 6.39. The van der Waals surface area contributed by atoms with Crippen LogP contribution < -0.4 is 20.1 Å². The Balaban J connectivity index is 1.92. The molecule has 142 valence electrons. The molecule has 9 heteroatoms. The Morgan fingerprint density at radius 3 is 2.54 bits per heavy atom. The summed E-state index contributed by atoms with van der Waals surface area (Å²) in [5.74, 6) is -2.83. The van der Waals surface area contributed by atoms with Crippen molar-refractivity contribution < 1.29 is 29.0 Å². The van der Waals surface area contributed by atoms with E-state index in [1.165, 1.54) is 42.5 Å². The van der Waals surface area contributed by atoms with E-state index >= 15 is 0 Å². The highest BCUT2D eigenvalue weighted by atomic mass is 35.5. The van der Waals surface area contributed by atoms with E-state index in [0.29, 0.717) is 10.6 Å². The molecular formula is C19H12ClN2O6-. The molecule has 1 fully saturated rings. The number of anilines is 1. The number of carboxylic acids is 1. The molecule has 0 atom stereocenters. The van der Waals surface area contributed by atoms with Gasteiger partial charge in [0.05, 0.1) is 11.7 Å². The van der Waals surface area contributed by atoms with Crippen LogP contribution in [0.2, 0.25) is 5.02 Å². The maximum atomic E-state index is 12.8. The maximum absolute atomic E-state index is 12.8. The van der Waals surface area contributed by atoms with Gasteiger partial charge in [-0.15, -0.1) is 0 Å². The van der Waals surface area contributed by atoms with Crippen molar-refractivity contribution in [2.45, 2.75) is 0 Å². The van der Waals surface area contributed by atoms with Crippen molar-refractivity contribution in [3.05, 3.63) is 64.7 Å². The van der Waals surface area contributed by atoms with Crippen LogP contribution >= 0.6 is 11.6 Å². The second kappa shape index (κ2) is 7.93. The van der Waals surface area contributed by atoms with Gasteiger partial charge in [0.25, 0.3) is 11.8 Å². The van der Waals surface area contributed by atoms with Crippen LogP contribution in [0.25, 0.3) is 6.08 Å². The number of hydrogen-bond donors (Lipinski definition) is 1. The monoisotopic (exact) mass is 399 g/mol. The van der Waals surface area contributed by atoms with Crippen molar-refractivity contribution in [3.8, 4) is 5.75 Å². The lowest BCUT2D eigenvalue weighted by Crippen LogP contribution is -2.54. The topological polar surface area (TPSA) is 116 Å². The number of amides is 4. The van der Waals surface area contributed by atoms with Gasteiger partial charge in [0.1, 0.15) is 17.9 Å². The van der Waals surface area contributed by atoms with Crippen molar-refractivity contribution >= 4 is 47.2 Å². The lowest BCUT2D eigenvalue weighted by molar-refractivity contribution is -0.307. The lowest BCUT2D eigenvalue weighted by atomic mass is 10.1. The molecule has 3 rings (SSSR count). The summed E-state index contributed by atoms with van der Waals surface area (Å²) in [5, 5.41) is 13.0. The Hall–Kier alpha value is -3.65. The third-order valence-corrected chi connectivity index (χ3v) is 3.96. The van der Waals surface area contributed by atoms with Crippen molar-refractivity contribution in [2.75, 3.05) is 11.5 Å². The molecule has 0 aliphatic carbocycles. The average molecular weight is 400 g/mol. The van der Waals surface area contributed by atoms with E-state index in [0.717, 1.165) is 4.90 Å². The molecule has 1 aliphatic heterocycles. The van der Waals surface area contributed by atoms with Crippen LogP contribution in [0.5, 0.6) is 5.75 Å². The quantitative estimate of drug-likeness (QED) is 0.595. The number of ether oxygens (including phenoxy) is 1. The number of carboxylic acid groups (broad SMARTS) is 1. The zero-order valence-corrected chi connectivity index (χ0v) is 14.9. The summed E-state index contributed by atoms with van der Waals surface area (Å²) in [6, 6.07) is 11.2. The van der Waals surface area contributed by atoms with Gasteiger partial charge in [-0.1, -0.05) is 23.7 Å². The molecule has 0 bridgehead atoms. The third-order valence-electron chi connectivity index (χ3n) is 3.71. The lowest BCUT2D eigenvalue weighted by Gasteiger charge is -2.26. The molecule has 0 saturated carbocycles. The molecule has 1 aliphatic rings. The number of urea groups is 1. The second-order valence-electron chi connectivity index (χ2n) is 5.67. The molecule has 0 spiro atoms. The summed E-state index contributed by atoms with van der Waals surface area (Å²) in [6.45, 7) is -0.641. The van der Waals surface area contributed by atoms with Crippen molar-refractivity contribution in [2.24, 2.45) is 0 Å². The third kappa shape index (κ3) is 4.18. The fraction of sp³-hybridized carbons (Fsp3) is 0.0526. The van der Waals surface area contributed by atoms with E-state index in [1.807, 2.05) is 0 Å². The Bertz CT molecular complexity index is 1000. The first-order valence-electron chi connectivity index (χ1n) is 7.95. The van der Waals surface area contributed by atoms with E-state index in [1.54, 1.807) is 12.1 Å². The Labute approximate surface area is 164 Å². The largest absolute Gasteiger partial charge is 0.546 e. The molecule has 0 radical (unpaired) electrons. The Kier molecular flexibility index (Phi) is 5.42. The minimum atomic E-state index is -1.39. The minimum Gasteiger partial charge on any atom is -0.546 e. The van der Waals surface area contributed by atoms with Gasteiger partial charge >= 0.3 is 6.03 Å². The Morgan fingerprint density at radius 1 is 1.14 bits per heavy atom. The number of rotatable bonds is 5. The number of nitrogens with one attached hydrogen (secondary N) is 1. The van der Waals surface area contributed by atoms with Crippen LogP contribution in [-0.4, -0.2) is 30.4 Å². The first-order chi connectivity index (χ1) is 13.3. The fourth-order valence-corrected chi connectivity index (χ4v) is 2.61. The highest BCUT2D eigenvalue weighted by Gasteiger charge is 2.36. The van der Waals surface area contributed by atoms with Crippen LogP contribution in [0, 0.1) is 0 Å². The standard InChI is InChI=1S/C19H13ClN2O6/c20-12-4-6-13(7-5-12)22-18(26)15(17(25)21-19(22)27)9-11-2-1-3-14(8-11)28-10-16(23)24/h1-9H,10H2,(H,23,24)(H,21,25,27)/p-1/b15-9-. The van der Waals surface area contributed by atoms with Crippen LogP contribution in [0.4, 0.5) is 10.5 Å². The maximum Gasteiger partial charge on any atom is 0.335 e. The van der Waals surface area contributed by atoms with Crippen molar-refractivity contribution in [3.63, 3.8) is 0 Å². The number of carbonyl (C=O) groups excluding carboxylic acids is 4. The number of carbonyl (C=O) groups is 4. The summed E-state index contributed by atoms with van der Waals surface area (Å²) < 4.78 is 5.02. The van der Waals surface area contributed by atoms with Crippen LogP contribution in [0.3, 0.4) is 0 Å². The molecule has 1 N–H and O–H groups in total. The first kappa shape index (κ1) is 19.1. The summed E-state index contributed by atoms with van der Waals surface area (Å²) in [6.07, 6.45) is 1.28. The van der Waals surface area contributed by atoms with Gasteiger partial charge in [-0.25, -0.2) is 9.69 Å². The summed E-state index contributed by atoms with van der Waals surface area (Å²) in [7, 11) is 0. The van der Waals surface area contributed by atoms with Gasteiger partial charge in [-0.2, -0.15) is 0 Å². The first-order valence-corrected chi connectivity index (χ1v) is 8.32. The molecule has 1 heterocycles. The molecule has 8 nitrogen and oxygen atoms in total.